The van der Waals surface area contributed by atoms with E-state index in [9.17, 15) is 0 Å². The number of hydrogen-bond donors (Lipinski definition) is 1. The standard InChI is InChI=1S/C12H15BrN4S/c1-8-5-15-12(14-2)16-11(8)17(3)6-9-4-10(13)18-7-9/h4-5,7H,6H2,1-3H3,(H,14,15,16). The first-order chi connectivity index (χ1) is 8.60. The summed E-state index contributed by atoms with van der Waals surface area (Å²) in [6, 6.07) is 2.14. The molecule has 0 aliphatic heterocycles. The van der Waals surface area contributed by atoms with Crippen LogP contribution in [0.2, 0.25) is 0 Å². The van der Waals surface area contributed by atoms with Crippen molar-refractivity contribution in [3.05, 3.63) is 32.6 Å². The van der Waals surface area contributed by atoms with E-state index < -0.39 is 0 Å². The van der Waals surface area contributed by atoms with Crippen LogP contribution in [0.3, 0.4) is 0 Å². The largest absolute Gasteiger partial charge is 0.357 e. The van der Waals surface area contributed by atoms with Crippen LogP contribution in [0.25, 0.3) is 0 Å². The second kappa shape index (κ2) is 5.67. The van der Waals surface area contributed by atoms with Gasteiger partial charge < -0.3 is 10.2 Å². The highest BCUT2D eigenvalue weighted by molar-refractivity contribution is 9.11. The van der Waals surface area contributed by atoms with Gasteiger partial charge in [-0.2, -0.15) is 4.98 Å². The molecule has 1 N–H and O–H groups in total. The summed E-state index contributed by atoms with van der Waals surface area (Å²) < 4.78 is 1.15. The molecule has 2 heterocycles. The Labute approximate surface area is 119 Å². The minimum Gasteiger partial charge on any atom is -0.357 e. The fourth-order valence-corrected chi connectivity index (χ4v) is 2.92. The summed E-state index contributed by atoms with van der Waals surface area (Å²) in [5, 5.41) is 5.11. The summed E-state index contributed by atoms with van der Waals surface area (Å²) in [7, 11) is 3.87. The molecule has 0 atom stereocenters. The SMILES string of the molecule is CNc1ncc(C)c(N(C)Cc2csc(Br)c2)n1. The summed E-state index contributed by atoms with van der Waals surface area (Å²) in [5.41, 5.74) is 2.35. The zero-order chi connectivity index (χ0) is 13.1. The van der Waals surface area contributed by atoms with E-state index in [1.165, 1.54) is 5.56 Å². The van der Waals surface area contributed by atoms with Crippen molar-refractivity contribution >= 4 is 39.0 Å². The number of thiophene rings is 1. The Morgan fingerprint density at radius 2 is 2.28 bits per heavy atom. The van der Waals surface area contributed by atoms with Crippen LogP contribution in [0.1, 0.15) is 11.1 Å². The second-order valence-electron chi connectivity index (χ2n) is 4.07. The molecule has 18 heavy (non-hydrogen) atoms. The van der Waals surface area contributed by atoms with Gasteiger partial charge in [-0.1, -0.05) is 0 Å². The van der Waals surface area contributed by atoms with E-state index in [1.807, 2.05) is 27.2 Å². The highest BCUT2D eigenvalue weighted by Crippen LogP contribution is 2.24. The predicted octanol–water partition coefficient (Wildman–Crippen LogP) is 3.29. The molecule has 0 unspecified atom stereocenters. The van der Waals surface area contributed by atoms with Crippen LogP contribution in [0, 0.1) is 6.92 Å². The molecule has 2 aromatic heterocycles. The average molecular weight is 327 g/mol. The van der Waals surface area contributed by atoms with Crippen molar-refractivity contribution < 1.29 is 0 Å². The van der Waals surface area contributed by atoms with Crippen LogP contribution in [-0.2, 0) is 6.54 Å². The lowest BCUT2D eigenvalue weighted by molar-refractivity contribution is 0.886. The number of nitrogens with one attached hydrogen (secondary N) is 1. The Morgan fingerprint density at radius 1 is 1.50 bits per heavy atom. The van der Waals surface area contributed by atoms with Gasteiger partial charge in [0.25, 0.3) is 0 Å². The van der Waals surface area contributed by atoms with Gasteiger partial charge in [-0.05, 0) is 39.9 Å². The fraction of sp³-hybridized carbons (Fsp3) is 0.333. The zero-order valence-electron chi connectivity index (χ0n) is 10.6. The summed E-state index contributed by atoms with van der Waals surface area (Å²) in [6.07, 6.45) is 1.84. The minimum atomic E-state index is 0.647. The van der Waals surface area contributed by atoms with Crippen LogP contribution in [0.5, 0.6) is 0 Å². The molecule has 0 saturated carbocycles. The van der Waals surface area contributed by atoms with Crippen molar-refractivity contribution in [3.8, 4) is 0 Å². The van der Waals surface area contributed by atoms with Crippen molar-refractivity contribution in [3.63, 3.8) is 0 Å². The van der Waals surface area contributed by atoms with Gasteiger partial charge in [0, 0.05) is 32.4 Å². The first-order valence-electron chi connectivity index (χ1n) is 5.55. The van der Waals surface area contributed by atoms with Crippen molar-refractivity contribution in [2.75, 3.05) is 24.3 Å². The molecule has 0 aliphatic carbocycles. The van der Waals surface area contributed by atoms with Gasteiger partial charge in [-0.15, -0.1) is 11.3 Å². The third kappa shape index (κ3) is 3.00. The number of aryl methyl sites for hydroxylation is 1. The predicted molar refractivity (Wildman–Crippen MR) is 80.4 cm³/mol. The van der Waals surface area contributed by atoms with Gasteiger partial charge in [0.1, 0.15) is 5.82 Å². The van der Waals surface area contributed by atoms with E-state index in [-0.39, 0.29) is 0 Å². The molecule has 2 aromatic rings. The zero-order valence-corrected chi connectivity index (χ0v) is 13.0. The molecular formula is C12H15BrN4S. The smallest absolute Gasteiger partial charge is 0.224 e. The molecular weight excluding hydrogens is 312 g/mol. The monoisotopic (exact) mass is 326 g/mol. The lowest BCUT2D eigenvalue weighted by Gasteiger charge is -2.19. The Bertz CT molecular complexity index is 541. The van der Waals surface area contributed by atoms with Gasteiger partial charge in [0.2, 0.25) is 5.95 Å². The van der Waals surface area contributed by atoms with Gasteiger partial charge in [0.05, 0.1) is 3.79 Å². The highest BCUT2D eigenvalue weighted by Gasteiger charge is 2.09. The number of rotatable bonds is 4. The third-order valence-electron chi connectivity index (χ3n) is 2.57. The number of hydrogen-bond acceptors (Lipinski definition) is 5. The summed E-state index contributed by atoms with van der Waals surface area (Å²) in [4.78, 5) is 10.8. The van der Waals surface area contributed by atoms with Crippen LogP contribution >= 0.6 is 27.3 Å². The van der Waals surface area contributed by atoms with Crippen molar-refractivity contribution in [2.24, 2.45) is 0 Å². The van der Waals surface area contributed by atoms with Crippen molar-refractivity contribution in [2.45, 2.75) is 13.5 Å². The van der Waals surface area contributed by atoms with E-state index in [4.69, 9.17) is 0 Å². The topological polar surface area (TPSA) is 41.1 Å². The van der Waals surface area contributed by atoms with E-state index in [0.717, 1.165) is 21.7 Å². The first kappa shape index (κ1) is 13.3. The van der Waals surface area contributed by atoms with Crippen LogP contribution in [0.4, 0.5) is 11.8 Å². The Balaban J connectivity index is 2.20. The maximum Gasteiger partial charge on any atom is 0.224 e. The third-order valence-corrected chi connectivity index (χ3v) is 4.12. The summed E-state index contributed by atoms with van der Waals surface area (Å²) >= 11 is 5.18. The quantitative estimate of drug-likeness (QED) is 0.936. The maximum atomic E-state index is 4.49. The summed E-state index contributed by atoms with van der Waals surface area (Å²) in [6.45, 7) is 2.86. The molecule has 0 fully saturated rings. The number of aromatic nitrogens is 2. The van der Waals surface area contributed by atoms with Crippen molar-refractivity contribution in [1.82, 2.24) is 9.97 Å². The maximum absolute atomic E-state index is 4.49. The normalized spacial score (nSPS) is 10.4. The molecule has 0 aromatic carbocycles. The number of nitrogens with zero attached hydrogens (tertiary/aromatic N) is 3. The molecule has 0 amide bonds. The van der Waals surface area contributed by atoms with Crippen LogP contribution < -0.4 is 10.2 Å². The molecule has 0 aliphatic rings. The van der Waals surface area contributed by atoms with E-state index in [1.54, 1.807) is 11.3 Å². The minimum absolute atomic E-state index is 0.647. The Hall–Kier alpha value is -1.14. The van der Waals surface area contributed by atoms with E-state index >= 15 is 0 Å². The molecule has 0 spiro atoms. The molecule has 0 bridgehead atoms. The van der Waals surface area contributed by atoms with Gasteiger partial charge in [-0.25, -0.2) is 4.98 Å². The van der Waals surface area contributed by atoms with Gasteiger partial charge in [0.15, 0.2) is 0 Å². The van der Waals surface area contributed by atoms with Crippen LogP contribution in [-0.4, -0.2) is 24.1 Å². The second-order valence-corrected chi connectivity index (χ2v) is 6.36. The lowest BCUT2D eigenvalue weighted by atomic mass is 10.3. The summed E-state index contributed by atoms with van der Waals surface area (Å²) in [5.74, 6) is 1.60. The molecule has 96 valence electrons. The Kier molecular flexibility index (Phi) is 4.19. The highest BCUT2D eigenvalue weighted by atomic mass is 79.9. The molecule has 4 nitrogen and oxygen atoms in total. The van der Waals surface area contributed by atoms with E-state index in [0.29, 0.717) is 5.95 Å². The molecule has 2 rings (SSSR count). The number of halogens is 1. The average Bonchev–Trinajstić information content (AvgIpc) is 2.75. The van der Waals surface area contributed by atoms with Crippen molar-refractivity contribution in [1.29, 1.82) is 0 Å². The Morgan fingerprint density at radius 3 is 2.89 bits per heavy atom. The van der Waals surface area contributed by atoms with Gasteiger partial charge >= 0.3 is 0 Å². The van der Waals surface area contributed by atoms with Gasteiger partial charge in [-0.3, -0.25) is 0 Å². The van der Waals surface area contributed by atoms with E-state index in [2.05, 4.69) is 47.6 Å². The molecule has 0 radical (unpaired) electrons. The molecule has 6 heteroatoms. The fourth-order valence-electron chi connectivity index (χ4n) is 1.72. The van der Waals surface area contributed by atoms with Crippen LogP contribution in [0.15, 0.2) is 21.4 Å². The first-order valence-corrected chi connectivity index (χ1v) is 7.23. The number of anilines is 2. The lowest BCUT2D eigenvalue weighted by Crippen LogP contribution is -2.19. The molecule has 0 saturated heterocycles.